The first-order valence-corrected chi connectivity index (χ1v) is 11.8. The summed E-state index contributed by atoms with van der Waals surface area (Å²) in [6, 6.07) is 0. The van der Waals surface area contributed by atoms with E-state index in [1.54, 1.807) is 6.92 Å². The lowest BCUT2D eigenvalue weighted by atomic mass is 9.95. The zero-order valence-electron chi connectivity index (χ0n) is 19.2. The van der Waals surface area contributed by atoms with Gasteiger partial charge >= 0.3 is 0 Å². The minimum Gasteiger partial charge on any atom is -0.373 e. The van der Waals surface area contributed by atoms with E-state index in [1.807, 2.05) is 16.8 Å². The Labute approximate surface area is 185 Å². The number of anilines is 1. The van der Waals surface area contributed by atoms with Crippen LogP contribution >= 0.6 is 0 Å². The van der Waals surface area contributed by atoms with Gasteiger partial charge in [0.1, 0.15) is 11.6 Å². The first-order valence-electron chi connectivity index (χ1n) is 11.8. The zero-order chi connectivity index (χ0) is 22.0. The summed E-state index contributed by atoms with van der Waals surface area (Å²) in [7, 11) is 1.87. The molecule has 1 N–H and O–H groups in total. The molecule has 1 atom stereocenters. The van der Waals surface area contributed by atoms with Crippen molar-refractivity contribution in [3.63, 3.8) is 0 Å². The van der Waals surface area contributed by atoms with E-state index in [4.69, 9.17) is 9.97 Å². The monoisotopic (exact) mass is 428 g/mol. The van der Waals surface area contributed by atoms with Crippen molar-refractivity contribution in [3.05, 3.63) is 17.1 Å². The summed E-state index contributed by atoms with van der Waals surface area (Å²) >= 11 is 0. The topological polar surface area (TPSA) is 81.7 Å². The Hall–Kier alpha value is -2.22. The van der Waals surface area contributed by atoms with Crippen molar-refractivity contribution >= 4 is 17.6 Å². The van der Waals surface area contributed by atoms with Crippen molar-refractivity contribution in [2.75, 3.05) is 51.6 Å². The summed E-state index contributed by atoms with van der Waals surface area (Å²) in [5, 5.41) is 3.21. The van der Waals surface area contributed by atoms with Crippen LogP contribution in [-0.4, -0.2) is 82.8 Å². The van der Waals surface area contributed by atoms with E-state index in [0.717, 1.165) is 67.7 Å². The molecule has 4 heterocycles. The first-order chi connectivity index (χ1) is 14.9. The van der Waals surface area contributed by atoms with Crippen LogP contribution in [-0.2, 0) is 22.6 Å². The van der Waals surface area contributed by atoms with E-state index < -0.39 is 0 Å². The lowest BCUT2D eigenvalue weighted by molar-refractivity contribution is -0.134. The standard InChI is InChI=1S/C23H36N6O2/c1-16-6-10-27(11-7-16)15-21(31)29-9-4-5-18(13-29)22-25-20-8-12-28(17(2)30)14-19(20)23(24-3)26-22/h16,18H,4-15H2,1-3H3,(H,24,25,26)/t18-/m1/s1. The van der Waals surface area contributed by atoms with Crippen LogP contribution in [0.4, 0.5) is 5.82 Å². The van der Waals surface area contributed by atoms with Gasteiger partial charge in [0.05, 0.1) is 18.8 Å². The van der Waals surface area contributed by atoms with Crippen molar-refractivity contribution in [1.82, 2.24) is 24.7 Å². The fourth-order valence-corrected chi connectivity index (χ4v) is 5.02. The summed E-state index contributed by atoms with van der Waals surface area (Å²) in [5.41, 5.74) is 2.06. The van der Waals surface area contributed by atoms with Crippen LogP contribution < -0.4 is 5.32 Å². The van der Waals surface area contributed by atoms with Crippen LogP contribution in [0.3, 0.4) is 0 Å². The number of hydrogen-bond donors (Lipinski definition) is 1. The molecule has 0 bridgehead atoms. The minimum absolute atomic E-state index is 0.0846. The molecule has 2 amide bonds. The molecule has 0 unspecified atom stereocenters. The molecule has 0 aliphatic carbocycles. The van der Waals surface area contributed by atoms with Crippen LogP contribution in [0.15, 0.2) is 0 Å². The van der Waals surface area contributed by atoms with Gasteiger partial charge in [0, 0.05) is 51.5 Å². The lowest BCUT2D eigenvalue weighted by Crippen LogP contribution is -2.46. The Kier molecular flexibility index (Phi) is 6.74. The van der Waals surface area contributed by atoms with Crippen LogP contribution in [0.25, 0.3) is 0 Å². The molecule has 1 aromatic rings. The molecule has 0 aromatic carbocycles. The van der Waals surface area contributed by atoms with E-state index >= 15 is 0 Å². The van der Waals surface area contributed by atoms with Crippen LogP contribution in [0.5, 0.6) is 0 Å². The van der Waals surface area contributed by atoms with Crippen molar-refractivity contribution in [1.29, 1.82) is 0 Å². The number of hydrogen-bond acceptors (Lipinski definition) is 6. The maximum Gasteiger partial charge on any atom is 0.236 e. The molecule has 3 aliphatic heterocycles. The number of carbonyl (C=O) groups is 2. The summed E-state index contributed by atoms with van der Waals surface area (Å²) < 4.78 is 0. The molecule has 31 heavy (non-hydrogen) atoms. The lowest BCUT2D eigenvalue weighted by Gasteiger charge is -2.36. The third-order valence-electron chi connectivity index (χ3n) is 7.13. The van der Waals surface area contributed by atoms with E-state index in [2.05, 4.69) is 17.1 Å². The Morgan fingerprint density at radius 2 is 1.84 bits per heavy atom. The van der Waals surface area contributed by atoms with Gasteiger partial charge in [-0.3, -0.25) is 14.5 Å². The number of fused-ring (bicyclic) bond motifs is 1. The molecule has 8 heteroatoms. The Morgan fingerprint density at radius 3 is 2.55 bits per heavy atom. The number of piperidine rings is 2. The van der Waals surface area contributed by atoms with Crippen molar-refractivity contribution < 1.29 is 9.59 Å². The SMILES string of the molecule is CNc1nc([C@@H]2CCCN(C(=O)CN3CCC(C)CC3)C2)nc2c1CN(C(C)=O)CC2. The van der Waals surface area contributed by atoms with Crippen LogP contribution in [0.2, 0.25) is 0 Å². The maximum absolute atomic E-state index is 13.0. The van der Waals surface area contributed by atoms with Gasteiger partial charge in [0.2, 0.25) is 11.8 Å². The molecule has 4 rings (SSSR count). The predicted octanol–water partition coefficient (Wildman–Crippen LogP) is 1.86. The number of amides is 2. The van der Waals surface area contributed by atoms with Crippen LogP contribution in [0, 0.1) is 5.92 Å². The number of carbonyl (C=O) groups excluding carboxylic acids is 2. The molecule has 3 aliphatic rings. The second-order valence-corrected chi connectivity index (χ2v) is 9.43. The Morgan fingerprint density at radius 1 is 1.06 bits per heavy atom. The molecule has 0 saturated carbocycles. The number of nitrogens with zero attached hydrogens (tertiary/aromatic N) is 5. The molecule has 1 aromatic heterocycles. The van der Waals surface area contributed by atoms with Gasteiger partial charge < -0.3 is 15.1 Å². The average Bonchev–Trinajstić information content (AvgIpc) is 2.79. The highest BCUT2D eigenvalue weighted by Crippen LogP contribution is 2.30. The maximum atomic E-state index is 13.0. The van der Waals surface area contributed by atoms with Gasteiger partial charge in [-0.25, -0.2) is 9.97 Å². The average molecular weight is 429 g/mol. The second kappa shape index (κ2) is 9.51. The molecule has 170 valence electrons. The summed E-state index contributed by atoms with van der Waals surface area (Å²) in [6.07, 6.45) is 5.12. The quantitative estimate of drug-likeness (QED) is 0.788. The fraction of sp³-hybridized carbons (Fsp3) is 0.739. The second-order valence-electron chi connectivity index (χ2n) is 9.43. The summed E-state index contributed by atoms with van der Waals surface area (Å²) in [5.74, 6) is 2.92. The smallest absolute Gasteiger partial charge is 0.236 e. The van der Waals surface area contributed by atoms with Crippen molar-refractivity contribution in [2.45, 2.75) is 58.4 Å². The van der Waals surface area contributed by atoms with E-state index in [-0.39, 0.29) is 17.7 Å². The van der Waals surface area contributed by atoms with Crippen molar-refractivity contribution in [3.8, 4) is 0 Å². The van der Waals surface area contributed by atoms with Gasteiger partial charge in [0.15, 0.2) is 0 Å². The molecular formula is C23H36N6O2. The van der Waals surface area contributed by atoms with Gasteiger partial charge in [-0.15, -0.1) is 0 Å². The largest absolute Gasteiger partial charge is 0.373 e. The number of likely N-dealkylation sites (tertiary alicyclic amines) is 2. The molecule has 2 fully saturated rings. The third kappa shape index (κ3) is 5.00. The predicted molar refractivity (Wildman–Crippen MR) is 120 cm³/mol. The van der Waals surface area contributed by atoms with Crippen LogP contribution in [0.1, 0.15) is 62.5 Å². The molecule has 0 radical (unpaired) electrons. The van der Waals surface area contributed by atoms with E-state index in [1.165, 1.54) is 12.8 Å². The van der Waals surface area contributed by atoms with E-state index in [9.17, 15) is 9.59 Å². The highest BCUT2D eigenvalue weighted by atomic mass is 16.2. The van der Waals surface area contributed by atoms with Gasteiger partial charge in [-0.2, -0.15) is 0 Å². The number of aromatic nitrogens is 2. The van der Waals surface area contributed by atoms with Crippen molar-refractivity contribution in [2.24, 2.45) is 5.92 Å². The molecule has 0 spiro atoms. The van der Waals surface area contributed by atoms with Gasteiger partial charge in [-0.05, 0) is 44.7 Å². The molecule has 8 nitrogen and oxygen atoms in total. The minimum atomic E-state index is 0.0846. The molecular weight excluding hydrogens is 392 g/mol. The fourth-order valence-electron chi connectivity index (χ4n) is 5.02. The zero-order valence-corrected chi connectivity index (χ0v) is 19.2. The number of nitrogens with one attached hydrogen (secondary N) is 1. The van der Waals surface area contributed by atoms with Gasteiger partial charge in [0.25, 0.3) is 0 Å². The highest BCUT2D eigenvalue weighted by molar-refractivity contribution is 5.78. The first kappa shape index (κ1) is 22.0. The Bertz CT molecular complexity index is 803. The number of rotatable bonds is 4. The summed E-state index contributed by atoms with van der Waals surface area (Å²) in [6.45, 7) is 9.29. The normalized spacial score (nSPS) is 22.9. The van der Waals surface area contributed by atoms with Gasteiger partial charge in [-0.1, -0.05) is 6.92 Å². The summed E-state index contributed by atoms with van der Waals surface area (Å²) in [4.78, 5) is 40.7. The van der Waals surface area contributed by atoms with E-state index in [0.29, 0.717) is 26.2 Å². The Balaban J connectivity index is 1.44. The highest BCUT2D eigenvalue weighted by Gasteiger charge is 2.30. The molecule has 2 saturated heterocycles. The third-order valence-corrected chi connectivity index (χ3v) is 7.13.